The first kappa shape index (κ1) is 16.1. The second kappa shape index (κ2) is 9.95. The molecule has 0 amide bonds. The summed E-state index contributed by atoms with van der Waals surface area (Å²) in [7, 11) is 4.08. The van der Waals surface area contributed by atoms with Gasteiger partial charge in [0.05, 0.1) is 12.8 Å². The molecule has 19 heavy (non-hydrogen) atoms. The van der Waals surface area contributed by atoms with E-state index in [0.717, 1.165) is 45.8 Å². The van der Waals surface area contributed by atoms with Gasteiger partial charge in [0.25, 0.3) is 0 Å². The van der Waals surface area contributed by atoms with Crippen molar-refractivity contribution in [1.29, 1.82) is 0 Å². The Balaban J connectivity index is 1.94. The predicted molar refractivity (Wildman–Crippen MR) is 78.1 cm³/mol. The molecule has 1 N–H and O–H groups in total. The van der Waals surface area contributed by atoms with E-state index in [-0.39, 0.29) is 0 Å². The van der Waals surface area contributed by atoms with Crippen molar-refractivity contribution in [3.63, 3.8) is 0 Å². The smallest absolute Gasteiger partial charge is 0.0590 e. The van der Waals surface area contributed by atoms with Crippen LogP contribution in [0, 0.1) is 0 Å². The third kappa shape index (κ3) is 7.97. The fourth-order valence-electron chi connectivity index (χ4n) is 1.83. The number of hydrogen-bond donors (Lipinski definition) is 1. The van der Waals surface area contributed by atoms with Crippen LogP contribution in [0.4, 0.5) is 0 Å². The number of aromatic nitrogens is 2. The fraction of sp³-hybridized carbons (Fsp3) is 0.786. The quantitative estimate of drug-likeness (QED) is 0.614. The van der Waals surface area contributed by atoms with E-state index in [1.54, 1.807) is 0 Å². The molecule has 0 radical (unpaired) electrons. The Morgan fingerprint density at radius 3 is 2.89 bits per heavy atom. The van der Waals surface area contributed by atoms with Crippen LogP contribution in [0.25, 0.3) is 0 Å². The molecule has 5 heteroatoms. The summed E-state index contributed by atoms with van der Waals surface area (Å²) in [5, 5.41) is 7.57. The van der Waals surface area contributed by atoms with Crippen LogP contribution in [0.3, 0.4) is 0 Å². The van der Waals surface area contributed by atoms with Gasteiger partial charge >= 0.3 is 0 Å². The first-order valence-corrected chi connectivity index (χ1v) is 7.17. The zero-order chi connectivity index (χ0) is 13.9. The van der Waals surface area contributed by atoms with Crippen molar-refractivity contribution < 1.29 is 4.74 Å². The Hall–Kier alpha value is -0.910. The Kier molecular flexibility index (Phi) is 8.45. The van der Waals surface area contributed by atoms with E-state index < -0.39 is 0 Å². The number of likely N-dealkylation sites (N-methyl/N-ethyl adjacent to an activating group) is 1. The highest BCUT2D eigenvalue weighted by Gasteiger charge is 2.01. The molecule has 0 spiro atoms. The summed E-state index contributed by atoms with van der Waals surface area (Å²) >= 11 is 0. The van der Waals surface area contributed by atoms with Gasteiger partial charge in [-0.05, 0) is 13.5 Å². The number of hydrogen-bond acceptors (Lipinski definition) is 4. The molecule has 0 aliphatic heterocycles. The van der Waals surface area contributed by atoms with Crippen molar-refractivity contribution in [2.24, 2.45) is 7.05 Å². The van der Waals surface area contributed by atoms with Gasteiger partial charge in [-0.15, -0.1) is 0 Å². The minimum absolute atomic E-state index is 0.812. The number of ether oxygens (including phenoxy) is 1. The van der Waals surface area contributed by atoms with Gasteiger partial charge in [0.1, 0.15) is 0 Å². The highest BCUT2D eigenvalue weighted by molar-refractivity contribution is 5.02. The van der Waals surface area contributed by atoms with Crippen molar-refractivity contribution in [3.05, 3.63) is 18.0 Å². The van der Waals surface area contributed by atoms with Crippen LogP contribution in [-0.4, -0.2) is 54.6 Å². The van der Waals surface area contributed by atoms with Crippen molar-refractivity contribution in [3.8, 4) is 0 Å². The SMILES string of the molecule is CCCCOCCNCCN(C)Cc1cnn(C)c1. The highest BCUT2D eigenvalue weighted by Crippen LogP contribution is 1.99. The van der Waals surface area contributed by atoms with Crippen LogP contribution in [0.15, 0.2) is 12.4 Å². The average Bonchev–Trinajstić information content (AvgIpc) is 2.78. The topological polar surface area (TPSA) is 42.3 Å². The van der Waals surface area contributed by atoms with Crippen LogP contribution < -0.4 is 5.32 Å². The Morgan fingerprint density at radius 1 is 1.37 bits per heavy atom. The largest absolute Gasteiger partial charge is 0.380 e. The van der Waals surface area contributed by atoms with Crippen molar-refractivity contribution in [2.45, 2.75) is 26.3 Å². The second-order valence-corrected chi connectivity index (χ2v) is 4.98. The monoisotopic (exact) mass is 268 g/mol. The van der Waals surface area contributed by atoms with Gasteiger partial charge in [0.15, 0.2) is 0 Å². The summed E-state index contributed by atoms with van der Waals surface area (Å²) in [5.74, 6) is 0. The minimum Gasteiger partial charge on any atom is -0.380 e. The standard InChI is InChI=1S/C14H28N4O/c1-4-5-9-19-10-7-15-6-8-17(2)12-14-11-16-18(3)13-14/h11,13,15H,4-10,12H2,1-3H3. The highest BCUT2D eigenvalue weighted by atomic mass is 16.5. The summed E-state index contributed by atoms with van der Waals surface area (Å²) in [6.45, 7) is 7.79. The molecule has 1 aromatic heterocycles. The molecule has 0 saturated carbocycles. The molecule has 0 saturated heterocycles. The number of nitrogens with zero attached hydrogens (tertiary/aromatic N) is 3. The number of rotatable bonds is 11. The van der Waals surface area contributed by atoms with E-state index in [9.17, 15) is 0 Å². The lowest BCUT2D eigenvalue weighted by atomic mass is 10.3. The molecule has 5 nitrogen and oxygen atoms in total. The predicted octanol–water partition coefficient (Wildman–Crippen LogP) is 1.26. The summed E-state index contributed by atoms with van der Waals surface area (Å²) in [4.78, 5) is 2.29. The number of unbranched alkanes of at least 4 members (excludes halogenated alkanes) is 1. The number of aryl methyl sites for hydroxylation is 1. The van der Waals surface area contributed by atoms with Gasteiger partial charge in [-0.25, -0.2) is 0 Å². The summed E-state index contributed by atoms with van der Waals surface area (Å²) in [6.07, 6.45) is 6.34. The van der Waals surface area contributed by atoms with Crippen LogP contribution in [0.1, 0.15) is 25.3 Å². The molecule has 1 rings (SSSR count). The molecule has 0 aliphatic carbocycles. The maximum Gasteiger partial charge on any atom is 0.0590 e. The van der Waals surface area contributed by atoms with E-state index in [0.29, 0.717) is 0 Å². The summed E-state index contributed by atoms with van der Waals surface area (Å²) in [5.41, 5.74) is 1.26. The van der Waals surface area contributed by atoms with Crippen molar-refractivity contribution in [2.75, 3.05) is 39.9 Å². The molecule has 110 valence electrons. The van der Waals surface area contributed by atoms with E-state index in [1.807, 2.05) is 17.9 Å². The van der Waals surface area contributed by atoms with Gasteiger partial charge < -0.3 is 15.0 Å². The first-order chi connectivity index (χ1) is 9.22. The van der Waals surface area contributed by atoms with E-state index >= 15 is 0 Å². The van der Waals surface area contributed by atoms with Crippen LogP contribution in [0.2, 0.25) is 0 Å². The van der Waals surface area contributed by atoms with Crippen LogP contribution in [-0.2, 0) is 18.3 Å². The molecular formula is C14H28N4O. The van der Waals surface area contributed by atoms with E-state index in [4.69, 9.17) is 4.74 Å². The van der Waals surface area contributed by atoms with Gasteiger partial charge in [-0.1, -0.05) is 13.3 Å². The second-order valence-electron chi connectivity index (χ2n) is 4.98. The number of nitrogens with one attached hydrogen (secondary N) is 1. The maximum atomic E-state index is 5.49. The lowest BCUT2D eigenvalue weighted by molar-refractivity contribution is 0.132. The van der Waals surface area contributed by atoms with Crippen molar-refractivity contribution >= 4 is 0 Å². The van der Waals surface area contributed by atoms with E-state index in [1.165, 1.54) is 12.0 Å². The normalized spacial score (nSPS) is 11.4. The average molecular weight is 268 g/mol. The minimum atomic E-state index is 0.812. The third-order valence-electron chi connectivity index (χ3n) is 2.95. The molecule has 0 fully saturated rings. The Morgan fingerprint density at radius 2 is 2.21 bits per heavy atom. The van der Waals surface area contributed by atoms with Crippen LogP contribution in [0.5, 0.6) is 0 Å². The van der Waals surface area contributed by atoms with Crippen LogP contribution >= 0.6 is 0 Å². The summed E-state index contributed by atoms with van der Waals surface area (Å²) in [6, 6.07) is 0. The Bertz CT molecular complexity index is 327. The zero-order valence-electron chi connectivity index (χ0n) is 12.6. The van der Waals surface area contributed by atoms with Gasteiger partial charge in [-0.2, -0.15) is 5.10 Å². The molecule has 0 aliphatic rings. The van der Waals surface area contributed by atoms with Crippen molar-refractivity contribution in [1.82, 2.24) is 20.0 Å². The van der Waals surface area contributed by atoms with Gasteiger partial charge in [0.2, 0.25) is 0 Å². The Labute approximate surface area is 116 Å². The van der Waals surface area contributed by atoms with Gasteiger partial charge in [0, 0.05) is 51.6 Å². The zero-order valence-corrected chi connectivity index (χ0v) is 12.6. The lowest BCUT2D eigenvalue weighted by Crippen LogP contribution is -2.30. The molecule has 0 aromatic carbocycles. The molecule has 0 atom stereocenters. The molecular weight excluding hydrogens is 240 g/mol. The molecule has 1 aromatic rings. The lowest BCUT2D eigenvalue weighted by Gasteiger charge is -2.15. The fourth-order valence-corrected chi connectivity index (χ4v) is 1.83. The maximum absolute atomic E-state index is 5.49. The van der Waals surface area contributed by atoms with E-state index in [2.05, 4.69) is 35.5 Å². The molecule has 0 unspecified atom stereocenters. The first-order valence-electron chi connectivity index (χ1n) is 7.17. The third-order valence-corrected chi connectivity index (χ3v) is 2.95. The molecule has 1 heterocycles. The van der Waals surface area contributed by atoms with Gasteiger partial charge in [-0.3, -0.25) is 4.68 Å². The summed E-state index contributed by atoms with van der Waals surface area (Å²) < 4.78 is 7.33. The molecule has 0 bridgehead atoms.